The van der Waals surface area contributed by atoms with Gasteiger partial charge in [-0.3, -0.25) is 9.10 Å². The second-order valence-corrected chi connectivity index (χ2v) is 9.96. The number of amides is 1. The molecule has 7 nitrogen and oxygen atoms in total. The summed E-state index contributed by atoms with van der Waals surface area (Å²) in [4.78, 5) is 12.8. The average Bonchev–Trinajstić information content (AvgIpc) is 2.86. The number of rotatable bonds is 12. The first kappa shape index (κ1) is 26.4. The second-order valence-electron chi connectivity index (χ2n) is 7.66. The van der Waals surface area contributed by atoms with Crippen molar-refractivity contribution in [1.82, 2.24) is 5.32 Å². The fourth-order valence-corrected chi connectivity index (χ4v) is 5.12. The summed E-state index contributed by atoms with van der Waals surface area (Å²) < 4.78 is 38.7. The fourth-order valence-electron chi connectivity index (χ4n) is 3.52. The largest absolute Gasteiger partial charge is 0.497 e. The second kappa shape index (κ2) is 12.5. The van der Waals surface area contributed by atoms with E-state index < -0.39 is 15.9 Å². The maximum absolute atomic E-state index is 13.4. The normalized spacial score (nSPS) is 11.1. The van der Waals surface area contributed by atoms with Crippen LogP contribution in [0.3, 0.4) is 0 Å². The Morgan fingerprint density at radius 2 is 1.77 bits per heavy atom. The number of hydrogen-bond donors (Lipinski definition) is 1. The molecule has 3 aromatic carbocycles. The quantitative estimate of drug-likeness (QED) is 0.353. The van der Waals surface area contributed by atoms with Crippen molar-refractivity contribution < 1.29 is 22.7 Å². The summed E-state index contributed by atoms with van der Waals surface area (Å²) in [6, 6.07) is 20.2. The highest BCUT2D eigenvalue weighted by atomic mass is 35.5. The van der Waals surface area contributed by atoms with Gasteiger partial charge in [0.05, 0.1) is 24.3 Å². The number of benzene rings is 3. The summed E-state index contributed by atoms with van der Waals surface area (Å²) in [6.07, 6.45) is 1.40. The number of anilines is 1. The third kappa shape index (κ3) is 7.13. The van der Waals surface area contributed by atoms with Gasteiger partial charge in [-0.15, -0.1) is 0 Å². The number of methoxy groups -OCH3 is 1. The number of carbonyl (C=O) groups excluding carboxylic acids is 1. The van der Waals surface area contributed by atoms with E-state index >= 15 is 0 Å². The highest BCUT2D eigenvalue weighted by Gasteiger charge is 2.27. The van der Waals surface area contributed by atoms with Crippen LogP contribution in [0.15, 0.2) is 77.7 Å². The van der Waals surface area contributed by atoms with E-state index in [4.69, 9.17) is 21.1 Å². The number of carbonyl (C=O) groups is 1. The van der Waals surface area contributed by atoms with Gasteiger partial charge in [0.2, 0.25) is 5.91 Å². The lowest BCUT2D eigenvalue weighted by Crippen LogP contribution is -2.41. The highest BCUT2D eigenvalue weighted by molar-refractivity contribution is 7.92. The smallest absolute Gasteiger partial charge is 0.264 e. The lowest BCUT2D eigenvalue weighted by atomic mass is 10.1. The van der Waals surface area contributed by atoms with Gasteiger partial charge in [-0.2, -0.15) is 0 Å². The summed E-state index contributed by atoms with van der Waals surface area (Å²) in [7, 11) is -2.53. The minimum atomic E-state index is -4.03. The Bertz CT molecular complexity index is 1230. The Hall–Kier alpha value is -3.23. The molecule has 0 aliphatic heterocycles. The van der Waals surface area contributed by atoms with Crippen LogP contribution in [0.5, 0.6) is 11.5 Å². The van der Waals surface area contributed by atoms with Gasteiger partial charge in [-0.05, 0) is 73.9 Å². The van der Waals surface area contributed by atoms with E-state index in [-0.39, 0.29) is 11.4 Å². The van der Waals surface area contributed by atoms with Crippen LogP contribution < -0.4 is 19.1 Å². The van der Waals surface area contributed by atoms with Crippen LogP contribution in [-0.4, -0.2) is 41.1 Å². The van der Waals surface area contributed by atoms with Crippen molar-refractivity contribution in [1.29, 1.82) is 0 Å². The van der Waals surface area contributed by atoms with Crippen LogP contribution in [0.25, 0.3) is 0 Å². The Morgan fingerprint density at radius 1 is 1.03 bits per heavy atom. The number of nitrogens with one attached hydrogen (secondary N) is 1. The Morgan fingerprint density at radius 3 is 2.46 bits per heavy atom. The van der Waals surface area contributed by atoms with Crippen molar-refractivity contribution in [2.45, 2.75) is 24.7 Å². The van der Waals surface area contributed by atoms with E-state index in [1.54, 1.807) is 30.3 Å². The van der Waals surface area contributed by atoms with Crippen LogP contribution in [0.4, 0.5) is 5.69 Å². The molecule has 1 amide bonds. The van der Waals surface area contributed by atoms with E-state index in [0.717, 1.165) is 22.0 Å². The summed E-state index contributed by atoms with van der Waals surface area (Å²) in [5.41, 5.74) is 1.36. The van der Waals surface area contributed by atoms with E-state index in [0.29, 0.717) is 36.0 Å². The third-order valence-corrected chi connectivity index (χ3v) is 7.27. The zero-order chi connectivity index (χ0) is 25.3. The molecule has 0 bridgehead atoms. The molecule has 0 heterocycles. The molecule has 186 valence electrons. The van der Waals surface area contributed by atoms with Gasteiger partial charge in [0.25, 0.3) is 10.0 Å². The predicted octanol–water partition coefficient (Wildman–Crippen LogP) is 4.69. The van der Waals surface area contributed by atoms with Gasteiger partial charge in [0.15, 0.2) is 0 Å². The van der Waals surface area contributed by atoms with Crippen LogP contribution >= 0.6 is 11.6 Å². The summed E-state index contributed by atoms with van der Waals surface area (Å²) in [6.45, 7) is 2.52. The van der Waals surface area contributed by atoms with Gasteiger partial charge < -0.3 is 14.8 Å². The molecule has 0 spiro atoms. The lowest BCUT2D eigenvalue weighted by Gasteiger charge is -2.24. The van der Waals surface area contributed by atoms with Gasteiger partial charge in [-0.25, -0.2) is 8.42 Å². The zero-order valence-electron chi connectivity index (χ0n) is 19.7. The molecule has 0 atom stereocenters. The van der Waals surface area contributed by atoms with Crippen molar-refractivity contribution in [3.63, 3.8) is 0 Å². The van der Waals surface area contributed by atoms with E-state index in [1.807, 2.05) is 31.2 Å². The lowest BCUT2D eigenvalue weighted by molar-refractivity contribution is -0.119. The molecular weight excluding hydrogens is 488 g/mol. The topological polar surface area (TPSA) is 84.9 Å². The van der Waals surface area contributed by atoms with E-state index in [2.05, 4.69) is 5.32 Å². The minimum absolute atomic E-state index is 0.0404. The molecule has 0 aliphatic carbocycles. The third-order valence-electron chi connectivity index (χ3n) is 5.25. The van der Waals surface area contributed by atoms with Gasteiger partial charge in [0, 0.05) is 11.6 Å². The van der Waals surface area contributed by atoms with Crippen molar-refractivity contribution in [3.8, 4) is 11.5 Å². The van der Waals surface area contributed by atoms with Crippen molar-refractivity contribution in [2.24, 2.45) is 0 Å². The molecule has 3 rings (SSSR count). The first-order valence-corrected chi connectivity index (χ1v) is 13.1. The zero-order valence-corrected chi connectivity index (χ0v) is 21.3. The first-order valence-electron chi connectivity index (χ1n) is 11.2. The van der Waals surface area contributed by atoms with E-state index in [9.17, 15) is 13.2 Å². The van der Waals surface area contributed by atoms with Crippen molar-refractivity contribution in [2.75, 3.05) is 31.1 Å². The fraction of sp³-hybridized carbons (Fsp3) is 0.269. The van der Waals surface area contributed by atoms with Gasteiger partial charge in [0.1, 0.15) is 18.0 Å². The molecule has 0 saturated carbocycles. The van der Waals surface area contributed by atoms with Gasteiger partial charge >= 0.3 is 0 Å². The molecule has 0 unspecified atom stereocenters. The van der Waals surface area contributed by atoms with Crippen LogP contribution in [0, 0.1) is 0 Å². The molecule has 0 fully saturated rings. The average molecular weight is 517 g/mol. The maximum atomic E-state index is 13.4. The number of hydrogen-bond acceptors (Lipinski definition) is 5. The summed E-state index contributed by atoms with van der Waals surface area (Å²) in [5.74, 6) is 0.945. The first-order chi connectivity index (χ1) is 16.8. The van der Waals surface area contributed by atoms with Crippen molar-refractivity contribution in [3.05, 3.63) is 83.4 Å². The number of para-hydroxylation sites is 1. The van der Waals surface area contributed by atoms with Gasteiger partial charge in [-0.1, -0.05) is 35.9 Å². The number of aryl methyl sites for hydroxylation is 1. The molecule has 3 aromatic rings. The molecule has 0 saturated heterocycles. The SMILES string of the molecule is CCOc1ccccc1CCCNC(=O)CN(c1cccc(Cl)c1)S(=O)(=O)c1ccc(OC)cc1. The molecule has 0 aliphatic rings. The molecule has 0 radical (unpaired) electrons. The number of halogens is 1. The Labute approximate surface area is 211 Å². The van der Waals surface area contributed by atoms with E-state index in [1.165, 1.54) is 25.3 Å². The monoisotopic (exact) mass is 516 g/mol. The van der Waals surface area contributed by atoms with Crippen LogP contribution in [-0.2, 0) is 21.2 Å². The Balaban J connectivity index is 1.70. The number of ether oxygens (including phenoxy) is 2. The molecular formula is C26H29ClN2O5S. The summed E-state index contributed by atoms with van der Waals surface area (Å²) >= 11 is 6.11. The number of sulfonamides is 1. The number of nitrogens with zero attached hydrogens (tertiary/aromatic N) is 1. The minimum Gasteiger partial charge on any atom is -0.497 e. The maximum Gasteiger partial charge on any atom is 0.264 e. The van der Waals surface area contributed by atoms with Crippen molar-refractivity contribution >= 4 is 33.2 Å². The predicted molar refractivity (Wildman–Crippen MR) is 138 cm³/mol. The standard InChI is InChI=1S/C26H29ClN2O5S/c1-3-34-25-12-5-4-8-20(25)9-7-17-28-26(30)19-29(22-11-6-10-21(27)18-22)35(31,32)24-15-13-23(33-2)14-16-24/h4-6,8,10-16,18H,3,7,9,17,19H2,1-2H3,(H,28,30). The molecule has 0 aromatic heterocycles. The molecule has 1 N–H and O–H groups in total. The highest BCUT2D eigenvalue weighted by Crippen LogP contribution is 2.27. The van der Waals surface area contributed by atoms with Crippen LogP contribution in [0.2, 0.25) is 5.02 Å². The van der Waals surface area contributed by atoms with Crippen LogP contribution in [0.1, 0.15) is 18.9 Å². The molecule has 35 heavy (non-hydrogen) atoms. The Kier molecular flexibility index (Phi) is 9.39. The molecule has 9 heteroatoms. The summed E-state index contributed by atoms with van der Waals surface area (Å²) in [5, 5.41) is 3.19.